The third kappa shape index (κ3) is 4.92. The maximum atomic E-state index is 12.4. The highest BCUT2D eigenvalue weighted by molar-refractivity contribution is 5.94. The molecule has 0 aliphatic rings. The normalized spacial score (nSPS) is 10.2. The molecule has 29 heavy (non-hydrogen) atoms. The van der Waals surface area contributed by atoms with E-state index in [-0.39, 0.29) is 5.91 Å². The Hall–Kier alpha value is -3.81. The van der Waals surface area contributed by atoms with Gasteiger partial charge in [0.25, 0.3) is 5.91 Å². The molecule has 0 spiro atoms. The van der Waals surface area contributed by atoms with Crippen molar-refractivity contribution in [2.45, 2.75) is 6.54 Å². The van der Waals surface area contributed by atoms with Crippen molar-refractivity contribution < 1.29 is 19.0 Å². The molecule has 0 radical (unpaired) electrons. The molecule has 3 aromatic rings. The van der Waals surface area contributed by atoms with Crippen molar-refractivity contribution in [3.63, 3.8) is 0 Å². The van der Waals surface area contributed by atoms with E-state index in [1.165, 1.54) is 6.20 Å². The lowest BCUT2D eigenvalue weighted by atomic mass is 10.2. The minimum absolute atomic E-state index is 0.239. The molecule has 0 aliphatic heterocycles. The van der Waals surface area contributed by atoms with Crippen LogP contribution in [0.3, 0.4) is 0 Å². The van der Waals surface area contributed by atoms with E-state index in [9.17, 15) is 4.79 Å². The quantitative estimate of drug-likeness (QED) is 0.606. The fraction of sp³-hybridized carbons (Fsp3) is 0.190. The maximum absolute atomic E-state index is 12.4. The van der Waals surface area contributed by atoms with Crippen molar-refractivity contribution in [3.05, 3.63) is 66.2 Å². The highest BCUT2D eigenvalue weighted by atomic mass is 16.5. The summed E-state index contributed by atoms with van der Waals surface area (Å²) >= 11 is 0. The Balaban J connectivity index is 1.75. The molecule has 0 unspecified atom stereocenters. The summed E-state index contributed by atoms with van der Waals surface area (Å²) in [5, 5.41) is 6.04. The van der Waals surface area contributed by atoms with E-state index >= 15 is 0 Å². The molecule has 0 aliphatic carbocycles. The predicted molar refractivity (Wildman–Crippen MR) is 109 cm³/mol. The summed E-state index contributed by atoms with van der Waals surface area (Å²) in [5.41, 5.74) is 2.55. The first-order chi connectivity index (χ1) is 14.1. The van der Waals surface area contributed by atoms with Gasteiger partial charge in [0.05, 0.1) is 51.0 Å². The number of hydrogen-bond donors (Lipinski definition) is 2. The van der Waals surface area contributed by atoms with Gasteiger partial charge in [0.1, 0.15) is 0 Å². The highest BCUT2D eigenvalue weighted by Crippen LogP contribution is 2.40. The largest absolute Gasteiger partial charge is 0.493 e. The van der Waals surface area contributed by atoms with Crippen molar-refractivity contribution in [2.24, 2.45) is 0 Å². The number of anilines is 2. The number of pyridine rings is 2. The summed E-state index contributed by atoms with van der Waals surface area (Å²) in [4.78, 5) is 20.8. The van der Waals surface area contributed by atoms with E-state index in [1.54, 1.807) is 51.9 Å². The number of amides is 1. The molecule has 2 aromatic heterocycles. The second kappa shape index (κ2) is 9.41. The zero-order valence-electron chi connectivity index (χ0n) is 16.4. The average molecular weight is 394 g/mol. The number of nitrogens with one attached hydrogen (secondary N) is 2. The molecular weight excluding hydrogens is 372 g/mol. The molecule has 150 valence electrons. The van der Waals surface area contributed by atoms with Crippen LogP contribution in [-0.4, -0.2) is 37.2 Å². The van der Waals surface area contributed by atoms with Crippen LogP contribution in [-0.2, 0) is 6.54 Å². The minimum Gasteiger partial charge on any atom is -0.493 e. The van der Waals surface area contributed by atoms with Gasteiger partial charge >= 0.3 is 0 Å². The van der Waals surface area contributed by atoms with Crippen LogP contribution >= 0.6 is 0 Å². The van der Waals surface area contributed by atoms with Gasteiger partial charge in [-0.2, -0.15) is 0 Å². The van der Waals surface area contributed by atoms with Gasteiger partial charge < -0.3 is 24.8 Å². The summed E-state index contributed by atoms with van der Waals surface area (Å²) in [6.07, 6.45) is 4.82. The Morgan fingerprint density at radius 2 is 1.72 bits per heavy atom. The van der Waals surface area contributed by atoms with Crippen LogP contribution in [0.5, 0.6) is 17.2 Å². The van der Waals surface area contributed by atoms with Gasteiger partial charge in [0, 0.05) is 30.2 Å². The van der Waals surface area contributed by atoms with Crippen LogP contribution in [0.2, 0.25) is 0 Å². The summed E-state index contributed by atoms with van der Waals surface area (Å²) in [6, 6.07) is 10.8. The number of methoxy groups -OCH3 is 3. The first-order valence-electron chi connectivity index (χ1n) is 8.84. The maximum Gasteiger partial charge on any atom is 0.253 e. The second-order valence-electron chi connectivity index (χ2n) is 6.01. The van der Waals surface area contributed by atoms with Crippen molar-refractivity contribution in [2.75, 3.05) is 26.6 Å². The zero-order chi connectivity index (χ0) is 20.6. The molecule has 1 amide bonds. The van der Waals surface area contributed by atoms with E-state index in [0.29, 0.717) is 40.7 Å². The predicted octanol–water partition coefficient (Wildman–Crippen LogP) is 3.18. The van der Waals surface area contributed by atoms with Crippen molar-refractivity contribution >= 4 is 17.3 Å². The minimum atomic E-state index is -0.239. The Morgan fingerprint density at radius 1 is 0.966 bits per heavy atom. The van der Waals surface area contributed by atoms with Crippen LogP contribution in [0.1, 0.15) is 16.1 Å². The summed E-state index contributed by atoms with van der Waals surface area (Å²) in [5.74, 6) is 1.30. The van der Waals surface area contributed by atoms with Gasteiger partial charge in [-0.25, -0.2) is 0 Å². The van der Waals surface area contributed by atoms with E-state index in [1.807, 2.05) is 18.2 Å². The summed E-state index contributed by atoms with van der Waals surface area (Å²) < 4.78 is 16.1. The van der Waals surface area contributed by atoms with Crippen LogP contribution in [0, 0.1) is 0 Å². The highest BCUT2D eigenvalue weighted by Gasteiger charge is 2.14. The lowest BCUT2D eigenvalue weighted by Gasteiger charge is -2.15. The third-order valence-corrected chi connectivity index (χ3v) is 4.11. The van der Waals surface area contributed by atoms with Crippen LogP contribution in [0.15, 0.2) is 55.0 Å². The number of rotatable bonds is 8. The summed E-state index contributed by atoms with van der Waals surface area (Å²) in [7, 11) is 4.65. The Morgan fingerprint density at radius 3 is 2.34 bits per heavy atom. The lowest BCUT2D eigenvalue weighted by molar-refractivity contribution is 0.0950. The molecular formula is C21H22N4O4. The van der Waals surface area contributed by atoms with E-state index in [2.05, 4.69) is 20.6 Å². The standard InChI is InChI=1S/C21H22N4O4/c1-27-18-9-16(10-19(28-2)20(18)29-3)25-17-8-14(11-22-12-17)21(26)24-13-15-6-4-5-7-23-15/h4-12,25H,13H2,1-3H3,(H,24,26). The molecule has 2 heterocycles. The molecule has 0 fully saturated rings. The smallest absolute Gasteiger partial charge is 0.253 e. The number of ether oxygens (including phenoxy) is 3. The second-order valence-corrected chi connectivity index (χ2v) is 6.01. The topological polar surface area (TPSA) is 94.6 Å². The molecule has 0 saturated heterocycles. The van der Waals surface area contributed by atoms with Gasteiger partial charge in [-0.15, -0.1) is 0 Å². The number of carbonyl (C=O) groups is 1. The Bertz CT molecular complexity index is 954. The van der Waals surface area contributed by atoms with E-state index in [4.69, 9.17) is 14.2 Å². The van der Waals surface area contributed by atoms with Crippen LogP contribution < -0.4 is 24.8 Å². The third-order valence-electron chi connectivity index (χ3n) is 4.11. The monoisotopic (exact) mass is 394 g/mol. The Kier molecular flexibility index (Phi) is 6.47. The Labute approximate surface area is 168 Å². The molecule has 3 rings (SSSR count). The fourth-order valence-corrected chi connectivity index (χ4v) is 2.73. The van der Waals surface area contributed by atoms with Crippen LogP contribution in [0.4, 0.5) is 11.4 Å². The number of nitrogens with zero attached hydrogens (tertiary/aromatic N) is 2. The zero-order valence-corrected chi connectivity index (χ0v) is 16.4. The van der Waals surface area contributed by atoms with Crippen molar-refractivity contribution in [3.8, 4) is 17.2 Å². The SMILES string of the molecule is COc1cc(Nc2cncc(C(=O)NCc3ccccn3)c2)cc(OC)c1OC. The fourth-order valence-electron chi connectivity index (χ4n) is 2.73. The van der Waals surface area contributed by atoms with Gasteiger partial charge in [0.15, 0.2) is 11.5 Å². The lowest BCUT2D eigenvalue weighted by Crippen LogP contribution is -2.23. The first kappa shape index (κ1) is 19.9. The molecule has 8 heteroatoms. The van der Waals surface area contributed by atoms with Gasteiger partial charge in [-0.1, -0.05) is 6.07 Å². The first-order valence-corrected chi connectivity index (χ1v) is 8.84. The van der Waals surface area contributed by atoms with Gasteiger partial charge in [-0.05, 0) is 18.2 Å². The molecule has 0 atom stereocenters. The van der Waals surface area contributed by atoms with Gasteiger partial charge in [-0.3, -0.25) is 14.8 Å². The molecule has 8 nitrogen and oxygen atoms in total. The molecule has 0 bridgehead atoms. The average Bonchev–Trinajstić information content (AvgIpc) is 2.77. The van der Waals surface area contributed by atoms with E-state index in [0.717, 1.165) is 5.69 Å². The van der Waals surface area contributed by atoms with Crippen LogP contribution in [0.25, 0.3) is 0 Å². The summed E-state index contributed by atoms with van der Waals surface area (Å²) in [6.45, 7) is 0.338. The van der Waals surface area contributed by atoms with Gasteiger partial charge in [0.2, 0.25) is 5.75 Å². The number of aromatic nitrogens is 2. The number of hydrogen-bond acceptors (Lipinski definition) is 7. The number of carbonyl (C=O) groups excluding carboxylic acids is 1. The van der Waals surface area contributed by atoms with Crippen molar-refractivity contribution in [1.29, 1.82) is 0 Å². The molecule has 1 aromatic carbocycles. The van der Waals surface area contributed by atoms with Crippen molar-refractivity contribution in [1.82, 2.24) is 15.3 Å². The number of benzene rings is 1. The molecule has 0 saturated carbocycles. The van der Waals surface area contributed by atoms with E-state index < -0.39 is 0 Å². The molecule has 2 N–H and O–H groups in total.